The smallest absolute Gasteiger partial charge is 0.339 e. The van der Waals surface area contributed by atoms with Crippen LogP contribution in [0.25, 0.3) is 0 Å². The van der Waals surface area contributed by atoms with E-state index in [2.05, 4.69) is 6.92 Å². The lowest BCUT2D eigenvalue weighted by atomic mass is 10.2. The zero-order valence-electron chi connectivity index (χ0n) is 14.5. The Labute approximate surface area is 152 Å². The van der Waals surface area contributed by atoms with Crippen molar-refractivity contribution in [2.75, 3.05) is 13.1 Å². The van der Waals surface area contributed by atoms with Gasteiger partial charge in [0.2, 0.25) is 0 Å². The molecule has 2 rings (SSSR count). The van der Waals surface area contributed by atoms with E-state index in [0.29, 0.717) is 23.6 Å². The number of amides is 1. The number of furan rings is 1. The molecule has 0 spiro atoms. The van der Waals surface area contributed by atoms with Crippen LogP contribution in [-0.4, -0.2) is 35.0 Å². The summed E-state index contributed by atoms with van der Waals surface area (Å²) in [6.07, 6.45) is 3.39. The third kappa shape index (κ3) is 4.89. The molecule has 0 saturated heterocycles. The Balaban J connectivity index is 2.15. The van der Waals surface area contributed by atoms with Crippen LogP contribution in [0.4, 0.5) is 0 Å². The van der Waals surface area contributed by atoms with Gasteiger partial charge < -0.3 is 14.4 Å². The summed E-state index contributed by atoms with van der Waals surface area (Å²) in [5.41, 5.74) is 0.809. The molecule has 0 aliphatic carbocycles. The Morgan fingerprint density at radius 2 is 1.92 bits per heavy atom. The Bertz CT molecular complexity index is 726. The first-order valence-electron chi connectivity index (χ1n) is 8.39. The van der Waals surface area contributed by atoms with E-state index in [4.69, 9.17) is 9.52 Å². The summed E-state index contributed by atoms with van der Waals surface area (Å²) in [5, 5.41) is 9.15. The van der Waals surface area contributed by atoms with Crippen LogP contribution in [0.1, 0.15) is 53.2 Å². The Morgan fingerprint density at radius 1 is 1.16 bits per heavy atom. The molecular weight excluding hydrogens is 338 g/mol. The molecule has 1 aromatic carbocycles. The molecular formula is C19H23NO4S. The van der Waals surface area contributed by atoms with Crippen LogP contribution in [0, 0.1) is 0 Å². The van der Waals surface area contributed by atoms with Crippen LogP contribution in [0.3, 0.4) is 0 Å². The SMILES string of the molecule is CCCCN(CC)C(=O)c1ccccc1SCc1occc1C(=O)O. The van der Waals surface area contributed by atoms with Crippen molar-refractivity contribution in [2.45, 2.75) is 37.3 Å². The second-order valence-corrected chi connectivity index (χ2v) is 6.60. The van der Waals surface area contributed by atoms with Gasteiger partial charge in [-0.2, -0.15) is 0 Å². The summed E-state index contributed by atoms with van der Waals surface area (Å²) in [7, 11) is 0. The number of nitrogens with zero attached hydrogens (tertiary/aromatic N) is 1. The number of carboxylic acids is 1. The molecule has 0 aliphatic rings. The molecule has 0 bridgehead atoms. The van der Waals surface area contributed by atoms with E-state index in [1.807, 2.05) is 36.1 Å². The molecule has 0 aliphatic heterocycles. The van der Waals surface area contributed by atoms with Gasteiger partial charge in [-0.05, 0) is 31.5 Å². The van der Waals surface area contributed by atoms with Gasteiger partial charge in [0.05, 0.1) is 17.6 Å². The summed E-state index contributed by atoms with van der Waals surface area (Å²) < 4.78 is 5.27. The predicted molar refractivity (Wildman–Crippen MR) is 98.2 cm³/mol. The number of thioether (sulfide) groups is 1. The first kappa shape index (κ1) is 19.1. The Morgan fingerprint density at radius 3 is 2.60 bits per heavy atom. The van der Waals surface area contributed by atoms with Gasteiger partial charge in [0.1, 0.15) is 11.3 Å². The van der Waals surface area contributed by atoms with Crippen molar-refractivity contribution in [1.82, 2.24) is 4.90 Å². The van der Waals surface area contributed by atoms with Gasteiger partial charge in [-0.25, -0.2) is 4.79 Å². The minimum absolute atomic E-state index is 0.0111. The minimum Gasteiger partial charge on any atom is -0.478 e. The van der Waals surface area contributed by atoms with E-state index in [0.717, 1.165) is 24.3 Å². The summed E-state index contributed by atoms with van der Waals surface area (Å²) in [4.78, 5) is 26.7. The third-order valence-corrected chi connectivity index (χ3v) is 4.98. The van der Waals surface area contributed by atoms with Gasteiger partial charge in [-0.1, -0.05) is 25.5 Å². The van der Waals surface area contributed by atoms with E-state index in [-0.39, 0.29) is 11.5 Å². The summed E-state index contributed by atoms with van der Waals surface area (Å²) in [6.45, 7) is 5.49. The van der Waals surface area contributed by atoms with Crippen molar-refractivity contribution in [3.05, 3.63) is 53.5 Å². The highest BCUT2D eigenvalue weighted by Gasteiger charge is 2.19. The quantitative estimate of drug-likeness (QED) is 0.664. The molecule has 5 nitrogen and oxygen atoms in total. The minimum atomic E-state index is -1.01. The van der Waals surface area contributed by atoms with E-state index >= 15 is 0 Å². The molecule has 0 unspecified atom stereocenters. The fourth-order valence-electron chi connectivity index (χ4n) is 2.48. The van der Waals surface area contributed by atoms with Gasteiger partial charge in [-0.3, -0.25) is 4.79 Å². The van der Waals surface area contributed by atoms with Crippen LogP contribution < -0.4 is 0 Å². The highest BCUT2D eigenvalue weighted by molar-refractivity contribution is 7.98. The van der Waals surface area contributed by atoms with Crippen molar-refractivity contribution in [2.24, 2.45) is 0 Å². The first-order chi connectivity index (χ1) is 12.1. The van der Waals surface area contributed by atoms with E-state index in [1.54, 1.807) is 0 Å². The van der Waals surface area contributed by atoms with Gasteiger partial charge in [0.15, 0.2) is 0 Å². The third-order valence-electron chi connectivity index (χ3n) is 3.90. The maximum Gasteiger partial charge on any atom is 0.339 e. The monoisotopic (exact) mass is 361 g/mol. The summed E-state index contributed by atoms with van der Waals surface area (Å²) >= 11 is 1.41. The average Bonchev–Trinajstić information content (AvgIpc) is 3.09. The lowest BCUT2D eigenvalue weighted by molar-refractivity contribution is 0.0693. The van der Waals surface area contributed by atoms with Crippen molar-refractivity contribution in [1.29, 1.82) is 0 Å². The number of carboxylic acid groups (broad SMARTS) is 1. The van der Waals surface area contributed by atoms with Gasteiger partial charge >= 0.3 is 5.97 Å². The molecule has 1 aromatic heterocycles. The van der Waals surface area contributed by atoms with Gasteiger partial charge in [0, 0.05) is 18.0 Å². The number of carbonyl (C=O) groups is 2. The highest BCUT2D eigenvalue weighted by Crippen LogP contribution is 2.29. The number of carbonyl (C=O) groups excluding carboxylic acids is 1. The summed E-state index contributed by atoms with van der Waals surface area (Å²) in [5.74, 6) is -0.236. The Hall–Kier alpha value is -2.21. The van der Waals surface area contributed by atoms with E-state index in [9.17, 15) is 9.59 Å². The maximum absolute atomic E-state index is 12.8. The summed E-state index contributed by atoms with van der Waals surface area (Å²) in [6, 6.07) is 8.87. The van der Waals surface area contributed by atoms with Crippen molar-refractivity contribution in [3.63, 3.8) is 0 Å². The van der Waals surface area contributed by atoms with Crippen LogP contribution in [0.2, 0.25) is 0 Å². The number of hydrogen-bond acceptors (Lipinski definition) is 4. The normalized spacial score (nSPS) is 10.6. The number of aromatic carboxylic acids is 1. The molecule has 0 fully saturated rings. The fourth-order valence-corrected chi connectivity index (χ4v) is 3.47. The van der Waals surface area contributed by atoms with Gasteiger partial charge in [0.25, 0.3) is 5.91 Å². The molecule has 0 atom stereocenters. The maximum atomic E-state index is 12.8. The average molecular weight is 361 g/mol. The van der Waals surface area contributed by atoms with Crippen LogP contribution in [0.15, 0.2) is 45.9 Å². The zero-order chi connectivity index (χ0) is 18.2. The molecule has 0 radical (unpaired) electrons. The van der Waals surface area contributed by atoms with Crippen LogP contribution >= 0.6 is 11.8 Å². The van der Waals surface area contributed by atoms with Crippen LogP contribution in [-0.2, 0) is 5.75 Å². The molecule has 1 N–H and O–H groups in total. The van der Waals surface area contributed by atoms with Gasteiger partial charge in [-0.15, -0.1) is 11.8 Å². The molecule has 25 heavy (non-hydrogen) atoms. The van der Waals surface area contributed by atoms with E-state index in [1.165, 1.54) is 24.1 Å². The fraction of sp³-hybridized carbons (Fsp3) is 0.368. The second-order valence-electron chi connectivity index (χ2n) is 5.59. The number of hydrogen-bond donors (Lipinski definition) is 1. The molecule has 1 heterocycles. The van der Waals surface area contributed by atoms with Crippen molar-refractivity contribution in [3.8, 4) is 0 Å². The van der Waals surface area contributed by atoms with E-state index < -0.39 is 5.97 Å². The Kier molecular flexibility index (Phi) is 7.13. The second kappa shape index (κ2) is 9.32. The lowest BCUT2D eigenvalue weighted by Crippen LogP contribution is -2.32. The zero-order valence-corrected chi connectivity index (χ0v) is 15.3. The molecule has 6 heteroatoms. The largest absolute Gasteiger partial charge is 0.478 e. The number of rotatable bonds is 9. The molecule has 0 saturated carbocycles. The molecule has 1 amide bonds. The highest BCUT2D eigenvalue weighted by atomic mass is 32.2. The van der Waals surface area contributed by atoms with Crippen LogP contribution in [0.5, 0.6) is 0 Å². The lowest BCUT2D eigenvalue weighted by Gasteiger charge is -2.22. The standard InChI is InChI=1S/C19H23NO4S/c1-3-5-11-20(4-2)18(21)15-8-6-7-9-17(15)25-13-16-14(19(22)23)10-12-24-16/h6-10,12H,3-5,11,13H2,1-2H3,(H,22,23). The van der Waals surface area contributed by atoms with Crippen molar-refractivity contribution >= 4 is 23.6 Å². The predicted octanol–water partition coefficient (Wildman–Crippen LogP) is 4.53. The molecule has 134 valence electrons. The number of unbranched alkanes of at least 4 members (excludes halogenated alkanes) is 1. The van der Waals surface area contributed by atoms with Crippen molar-refractivity contribution < 1.29 is 19.1 Å². The first-order valence-corrected chi connectivity index (χ1v) is 9.37. The topological polar surface area (TPSA) is 70.8 Å². The number of benzene rings is 1. The molecule has 2 aromatic rings.